The van der Waals surface area contributed by atoms with E-state index in [1.807, 2.05) is 12.1 Å². The maximum atomic E-state index is 11.8. The van der Waals surface area contributed by atoms with E-state index in [1.165, 1.54) is 6.33 Å². The highest BCUT2D eigenvalue weighted by Crippen LogP contribution is 2.07. The summed E-state index contributed by atoms with van der Waals surface area (Å²) >= 11 is 0. The second-order valence-corrected chi connectivity index (χ2v) is 3.97. The lowest BCUT2D eigenvalue weighted by molar-refractivity contribution is 0.0932. The van der Waals surface area contributed by atoms with Crippen LogP contribution in [0.25, 0.3) is 0 Å². The molecular weight excluding hydrogens is 260 g/mol. The highest BCUT2D eigenvalue weighted by atomic mass is 16.5. The van der Waals surface area contributed by atoms with Crippen LogP contribution in [0.15, 0.2) is 35.2 Å². The summed E-state index contributed by atoms with van der Waals surface area (Å²) in [6, 6.07) is 5.25. The molecule has 7 heteroatoms. The van der Waals surface area contributed by atoms with E-state index in [-0.39, 0.29) is 5.91 Å². The maximum Gasteiger partial charge on any atom is 0.270 e. The van der Waals surface area contributed by atoms with Gasteiger partial charge in [0.2, 0.25) is 0 Å². The Labute approximate surface area is 116 Å². The molecule has 2 rings (SSSR count). The average molecular weight is 276 g/mol. The summed E-state index contributed by atoms with van der Waals surface area (Å²) in [5, 5.41) is 5.76. The molecule has 1 amide bonds. The zero-order valence-corrected chi connectivity index (χ0v) is 11.1. The predicted molar refractivity (Wildman–Crippen MR) is 72.3 cm³/mol. The first-order chi connectivity index (χ1) is 9.79. The van der Waals surface area contributed by atoms with Gasteiger partial charge >= 0.3 is 0 Å². The Morgan fingerprint density at radius 1 is 1.45 bits per heavy atom. The van der Waals surface area contributed by atoms with Crippen LogP contribution in [-0.4, -0.2) is 36.1 Å². The fourth-order valence-corrected chi connectivity index (χ4v) is 1.53. The molecule has 20 heavy (non-hydrogen) atoms. The Bertz CT molecular complexity index is 542. The van der Waals surface area contributed by atoms with Gasteiger partial charge in [-0.1, -0.05) is 0 Å². The molecule has 0 aliphatic rings. The van der Waals surface area contributed by atoms with Gasteiger partial charge in [0, 0.05) is 19.7 Å². The zero-order chi connectivity index (χ0) is 14.2. The lowest BCUT2D eigenvalue weighted by Gasteiger charge is -2.06. The molecule has 0 aliphatic carbocycles. The van der Waals surface area contributed by atoms with Crippen molar-refractivity contribution < 1.29 is 13.9 Å². The van der Waals surface area contributed by atoms with Crippen LogP contribution in [0.3, 0.4) is 0 Å². The highest BCUT2D eigenvalue weighted by Gasteiger charge is 2.08. The number of hydrogen-bond acceptors (Lipinski definition) is 6. The van der Waals surface area contributed by atoms with Gasteiger partial charge in [-0.05, 0) is 12.1 Å². The Hall–Kier alpha value is -2.41. The topological polar surface area (TPSA) is 89.3 Å². The van der Waals surface area contributed by atoms with Gasteiger partial charge in [0.05, 0.1) is 19.4 Å². The molecular formula is C13H16N4O3. The number of furan rings is 1. The second kappa shape index (κ2) is 7.25. The molecule has 0 saturated heterocycles. The molecule has 0 radical (unpaired) electrons. The lowest BCUT2D eigenvalue weighted by atomic mass is 10.3. The van der Waals surface area contributed by atoms with Gasteiger partial charge in [0.1, 0.15) is 23.6 Å². The average Bonchev–Trinajstić information content (AvgIpc) is 2.99. The summed E-state index contributed by atoms with van der Waals surface area (Å²) in [5.41, 5.74) is 0.304. The molecule has 2 N–H and O–H groups in total. The molecule has 0 aliphatic heterocycles. The standard InChI is InChI=1S/C13H16N4O3/c1-19-6-4-14-13(18)11-7-12(17-9-16-11)15-8-10-3-2-5-20-10/h2-3,5,7,9H,4,6,8H2,1H3,(H,14,18)(H,15,16,17). The minimum absolute atomic E-state index is 0.259. The third-order valence-electron chi connectivity index (χ3n) is 2.52. The Morgan fingerprint density at radius 2 is 2.35 bits per heavy atom. The van der Waals surface area contributed by atoms with E-state index in [1.54, 1.807) is 19.4 Å². The minimum atomic E-state index is -0.259. The fourth-order valence-electron chi connectivity index (χ4n) is 1.53. The predicted octanol–water partition coefficient (Wildman–Crippen LogP) is 1.06. The second-order valence-electron chi connectivity index (χ2n) is 3.97. The molecule has 106 valence electrons. The van der Waals surface area contributed by atoms with Crippen molar-refractivity contribution in [2.75, 3.05) is 25.6 Å². The summed E-state index contributed by atoms with van der Waals surface area (Å²) in [4.78, 5) is 19.8. The van der Waals surface area contributed by atoms with Crippen LogP contribution in [0.1, 0.15) is 16.2 Å². The number of methoxy groups -OCH3 is 1. The van der Waals surface area contributed by atoms with Crippen LogP contribution in [0.2, 0.25) is 0 Å². The van der Waals surface area contributed by atoms with Crippen LogP contribution in [0.5, 0.6) is 0 Å². The van der Waals surface area contributed by atoms with Crippen molar-refractivity contribution >= 4 is 11.7 Å². The summed E-state index contributed by atoms with van der Waals surface area (Å²) < 4.78 is 10.1. The third kappa shape index (κ3) is 4.06. The first kappa shape index (κ1) is 14.0. The highest BCUT2D eigenvalue weighted by molar-refractivity contribution is 5.92. The third-order valence-corrected chi connectivity index (χ3v) is 2.52. The molecule has 0 bridgehead atoms. The van der Waals surface area contributed by atoms with Crippen molar-refractivity contribution in [3.8, 4) is 0 Å². The van der Waals surface area contributed by atoms with Crippen LogP contribution in [-0.2, 0) is 11.3 Å². The molecule has 0 spiro atoms. The quantitative estimate of drug-likeness (QED) is 0.735. The molecule has 0 atom stereocenters. The van der Waals surface area contributed by atoms with Gasteiger partial charge in [0.15, 0.2) is 0 Å². The van der Waals surface area contributed by atoms with E-state index in [2.05, 4.69) is 20.6 Å². The first-order valence-corrected chi connectivity index (χ1v) is 6.15. The van der Waals surface area contributed by atoms with Gasteiger partial charge in [-0.3, -0.25) is 4.79 Å². The first-order valence-electron chi connectivity index (χ1n) is 6.15. The number of aromatic nitrogens is 2. The van der Waals surface area contributed by atoms with Crippen molar-refractivity contribution in [2.24, 2.45) is 0 Å². The number of carbonyl (C=O) groups is 1. The largest absolute Gasteiger partial charge is 0.467 e. The van der Waals surface area contributed by atoms with Crippen molar-refractivity contribution in [3.05, 3.63) is 42.2 Å². The Kier molecular flexibility index (Phi) is 5.08. The van der Waals surface area contributed by atoms with Crippen LogP contribution in [0.4, 0.5) is 5.82 Å². The number of carbonyl (C=O) groups excluding carboxylic acids is 1. The number of amides is 1. The molecule has 2 heterocycles. The number of ether oxygens (including phenoxy) is 1. The molecule has 2 aromatic heterocycles. The molecule has 7 nitrogen and oxygen atoms in total. The summed E-state index contributed by atoms with van der Waals surface area (Å²) in [7, 11) is 1.58. The van der Waals surface area contributed by atoms with Crippen molar-refractivity contribution in [1.29, 1.82) is 0 Å². The molecule has 0 aromatic carbocycles. The summed E-state index contributed by atoms with van der Waals surface area (Å²) in [6.45, 7) is 1.39. The number of rotatable bonds is 7. The number of nitrogens with zero attached hydrogens (tertiary/aromatic N) is 2. The van der Waals surface area contributed by atoms with Crippen molar-refractivity contribution in [2.45, 2.75) is 6.54 Å². The summed E-state index contributed by atoms with van der Waals surface area (Å²) in [5.74, 6) is 1.09. The number of nitrogens with one attached hydrogen (secondary N) is 2. The Balaban J connectivity index is 1.91. The van der Waals surface area contributed by atoms with E-state index < -0.39 is 0 Å². The van der Waals surface area contributed by atoms with Gasteiger partial charge in [-0.15, -0.1) is 0 Å². The van der Waals surface area contributed by atoms with Crippen molar-refractivity contribution in [1.82, 2.24) is 15.3 Å². The number of anilines is 1. The number of hydrogen-bond donors (Lipinski definition) is 2. The van der Waals surface area contributed by atoms with Gasteiger partial charge < -0.3 is 19.8 Å². The van der Waals surface area contributed by atoms with E-state index >= 15 is 0 Å². The normalized spacial score (nSPS) is 10.2. The smallest absolute Gasteiger partial charge is 0.270 e. The Morgan fingerprint density at radius 3 is 3.10 bits per heavy atom. The van der Waals surface area contributed by atoms with E-state index in [0.717, 1.165) is 5.76 Å². The molecule has 2 aromatic rings. The van der Waals surface area contributed by atoms with Crippen molar-refractivity contribution in [3.63, 3.8) is 0 Å². The van der Waals surface area contributed by atoms with E-state index in [9.17, 15) is 4.79 Å². The van der Waals surface area contributed by atoms with E-state index in [0.29, 0.717) is 31.2 Å². The lowest BCUT2D eigenvalue weighted by Crippen LogP contribution is -2.27. The van der Waals surface area contributed by atoms with Crippen LogP contribution in [0, 0.1) is 0 Å². The molecule has 0 saturated carbocycles. The fraction of sp³-hybridized carbons (Fsp3) is 0.308. The monoisotopic (exact) mass is 276 g/mol. The molecule has 0 unspecified atom stereocenters. The zero-order valence-electron chi connectivity index (χ0n) is 11.1. The van der Waals surface area contributed by atoms with Gasteiger partial charge in [-0.25, -0.2) is 9.97 Å². The van der Waals surface area contributed by atoms with Crippen LogP contribution < -0.4 is 10.6 Å². The SMILES string of the molecule is COCCNC(=O)c1cc(NCc2ccco2)ncn1. The minimum Gasteiger partial charge on any atom is -0.467 e. The van der Waals surface area contributed by atoms with Gasteiger partial charge in [-0.2, -0.15) is 0 Å². The maximum absolute atomic E-state index is 11.8. The molecule has 0 fully saturated rings. The van der Waals surface area contributed by atoms with E-state index in [4.69, 9.17) is 9.15 Å². The summed E-state index contributed by atoms with van der Waals surface area (Å²) in [6.07, 6.45) is 2.95. The van der Waals surface area contributed by atoms with Crippen LogP contribution >= 0.6 is 0 Å². The van der Waals surface area contributed by atoms with Gasteiger partial charge in [0.25, 0.3) is 5.91 Å².